The maximum absolute atomic E-state index is 12.0. The number of ether oxygens (including phenoxy) is 1. The van der Waals surface area contributed by atoms with Gasteiger partial charge in [0.1, 0.15) is 6.61 Å². The van der Waals surface area contributed by atoms with E-state index in [-0.39, 0.29) is 12.5 Å². The van der Waals surface area contributed by atoms with Gasteiger partial charge in [0.25, 0.3) is 0 Å². The molecule has 0 bridgehead atoms. The highest BCUT2D eigenvalue weighted by Gasteiger charge is 2.33. The molecule has 6 nitrogen and oxygen atoms in total. The van der Waals surface area contributed by atoms with Crippen molar-refractivity contribution in [1.82, 2.24) is 9.80 Å². The van der Waals surface area contributed by atoms with Crippen molar-refractivity contribution < 1.29 is 14.3 Å². The van der Waals surface area contributed by atoms with Crippen LogP contribution in [0.5, 0.6) is 0 Å². The molecule has 1 aliphatic carbocycles. The monoisotopic (exact) mass is 255 g/mol. The lowest BCUT2D eigenvalue weighted by molar-refractivity contribution is -0.129. The van der Waals surface area contributed by atoms with E-state index in [4.69, 9.17) is 10.5 Å². The molecule has 0 aromatic heterocycles. The van der Waals surface area contributed by atoms with Crippen LogP contribution >= 0.6 is 0 Å². The van der Waals surface area contributed by atoms with Gasteiger partial charge in [-0.3, -0.25) is 9.69 Å². The second-order valence-electron chi connectivity index (χ2n) is 5.07. The Morgan fingerprint density at radius 3 is 2.94 bits per heavy atom. The van der Waals surface area contributed by atoms with Crippen molar-refractivity contribution in [2.24, 2.45) is 11.7 Å². The highest BCUT2D eigenvalue weighted by atomic mass is 16.6. The summed E-state index contributed by atoms with van der Waals surface area (Å²) < 4.78 is 4.76. The Labute approximate surface area is 107 Å². The fourth-order valence-corrected chi connectivity index (χ4v) is 2.91. The van der Waals surface area contributed by atoms with Crippen LogP contribution in [0.2, 0.25) is 0 Å². The molecule has 6 heteroatoms. The second-order valence-corrected chi connectivity index (χ2v) is 5.07. The van der Waals surface area contributed by atoms with Gasteiger partial charge in [0.2, 0.25) is 5.91 Å². The van der Waals surface area contributed by atoms with E-state index in [1.165, 1.54) is 4.90 Å². The number of rotatable bonds is 4. The molecule has 1 saturated heterocycles. The first-order chi connectivity index (χ1) is 8.63. The molecule has 0 spiro atoms. The number of hydrogen-bond acceptors (Lipinski definition) is 5. The minimum atomic E-state index is -0.518. The molecule has 18 heavy (non-hydrogen) atoms. The molecule has 2 atom stereocenters. The minimum Gasteiger partial charge on any atom is -0.447 e. The number of carbonyl (C=O) groups is 2. The van der Waals surface area contributed by atoms with Crippen molar-refractivity contribution in [2.75, 3.05) is 33.3 Å². The van der Waals surface area contributed by atoms with Crippen LogP contribution in [-0.2, 0) is 9.53 Å². The van der Waals surface area contributed by atoms with E-state index in [1.807, 2.05) is 11.9 Å². The fourth-order valence-electron chi connectivity index (χ4n) is 2.91. The second kappa shape index (κ2) is 5.67. The maximum atomic E-state index is 12.0. The molecule has 2 rings (SSSR count). The molecule has 2 amide bonds. The third kappa shape index (κ3) is 2.64. The highest BCUT2D eigenvalue weighted by Crippen LogP contribution is 2.28. The van der Waals surface area contributed by atoms with Crippen LogP contribution in [0.3, 0.4) is 0 Å². The summed E-state index contributed by atoms with van der Waals surface area (Å²) in [5.74, 6) is 0.288. The predicted octanol–water partition coefficient (Wildman–Crippen LogP) is 0.0244. The number of cyclic esters (lactones) is 1. The van der Waals surface area contributed by atoms with Gasteiger partial charge in [-0.2, -0.15) is 0 Å². The Morgan fingerprint density at radius 1 is 1.56 bits per heavy atom. The SMILES string of the molecule is CN(CC(=O)N1CCOC1=O)C1CCCC1CN. The zero-order chi connectivity index (χ0) is 13.1. The quantitative estimate of drug-likeness (QED) is 0.766. The van der Waals surface area contributed by atoms with Crippen LogP contribution in [0.1, 0.15) is 19.3 Å². The number of likely N-dealkylation sites (N-methyl/N-ethyl adjacent to an activating group) is 1. The van der Waals surface area contributed by atoms with E-state index in [0.717, 1.165) is 19.3 Å². The predicted molar refractivity (Wildman–Crippen MR) is 65.9 cm³/mol. The van der Waals surface area contributed by atoms with Crippen LogP contribution in [0.25, 0.3) is 0 Å². The molecule has 0 aromatic carbocycles. The Bertz CT molecular complexity index is 335. The van der Waals surface area contributed by atoms with Crippen molar-refractivity contribution >= 4 is 12.0 Å². The van der Waals surface area contributed by atoms with Crippen molar-refractivity contribution in [3.63, 3.8) is 0 Å². The highest BCUT2D eigenvalue weighted by molar-refractivity contribution is 5.94. The van der Waals surface area contributed by atoms with Gasteiger partial charge < -0.3 is 10.5 Å². The van der Waals surface area contributed by atoms with Gasteiger partial charge in [-0.25, -0.2) is 9.69 Å². The van der Waals surface area contributed by atoms with Gasteiger partial charge in [0.15, 0.2) is 0 Å². The third-order valence-electron chi connectivity index (χ3n) is 3.93. The maximum Gasteiger partial charge on any atom is 0.416 e. The van der Waals surface area contributed by atoms with E-state index >= 15 is 0 Å². The first-order valence-corrected chi connectivity index (χ1v) is 6.51. The van der Waals surface area contributed by atoms with Gasteiger partial charge in [-0.1, -0.05) is 6.42 Å². The van der Waals surface area contributed by atoms with Gasteiger partial charge >= 0.3 is 6.09 Å². The van der Waals surface area contributed by atoms with E-state index in [0.29, 0.717) is 31.7 Å². The summed E-state index contributed by atoms with van der Waals surface area (Å²) in [7, 11) is 1.93. The molecule has 2 N–H and O–H groups in total. The van der Waals surface area contributed by atoms with Crippen molar-refractivity contribution in [2.45, 2.75) is 25.3 Å². The lowest BCUT2D eigenvalue weighted by atomic mass is 10.0. The number of amides is 2. The number of hydrogen-bond donors (Lipinski definition) is 1. The van der Waals surface area contributed by atoms with Crippen LogP contribution in [0, 0.1) is 5.92 Å². The molecule has 1 heterocycles. The third-order valence-corrected chi connectivity index (χ3v) is 3.93. The molecule has 2 aliphatic rings. The van der Waals surface area contributed by atoms with Crippen molar-refractivity contribution in [1.29, 1.82) is 0 Å². The van der Waals surface area contributed by atoms with Crippen LogP contribution in [0.15, 0.2) is 0 Å². The Hall–Kier alpha value is -1.14. The molecular formula is C12H21N3O3. The van der Waals surface area contributed by atoms with Gasteiger partial charge in [-0.15, -0.1) is 0 Å². The molecule has 0 radical (unpaired) electrons. The summed E-state index contributed by atoms with van der Waals surface area (Å²) in [5, 5.41) is 0. The summed E-state index contributed by atoms with van der Waals surface area (Å²) in [6.07, 6.45) is 2.86. The lowest BCUT2D eigenvalue weighted by Crippen LogP contribution is -2.45. The summed E-state index contributed by atoms with van der Waals surface area (Å²) in [5.41, 5.74) is 5.74. The van der Waals surface area contributed by atoms with Gasteiger partial charge in [0.05, 0.1) is 13.1 Å². The zero-order valence-electron chi connectivity index (χ0n) is 10.8. The standard InChI is InChI=1S/C12H21N3O3/c1-14(10-4-2-3-9(10)7-13)8-11(16)15-5-6-18-12(15)17/h9-10H,2-8,13H2,1H3. The summed E-state index contributed by atoms with van der Waals surface area (Å²) in [6, 6.07) is 0.359. The number of nitrogens with zero attached hydrogens (tertiary/aromatic N) is 2. The lowest BCUT2D eigenvalue weighted by Gasteiger charge is -2.29. The molecule has 2 unspecified atom stereocenters. The van der Waals surface area contributed by atoms with Crippen LogP contribution in [-0.4, -0.2) is 61.1 Å². The Kier molecular flexibility index (Phi) is 4.19. The van der Waals surface area contributed by atoms with E-state index < -0.39 is 6.09 Å². The minimum absolute atomic E-state index is 0.178. The van der Waals surface area contributed by atoms with E-state index in [1.54, 1.807) is 0 Å². The largest absolute Gasteiger partial charge is 0.447 e. The van der Waals surface area contributed by atoms with Crippen molar-refractivity contribution in [3.05, 3.63) is 0 Å². The van der Waals surface area contributed by atoms with E-state index in [2.05, 4.69) is 0 Å². The smallest absolute Gasteiger partial charge is 0.416 e. The van der Waals surface area contributed by atoms with Crippen LogP contribution < -0.4 is 5.73 Å². The molecule has 1 saturated carbocycles. The summed E-state index contributed by atoms with van der Waals surface area (Å²) in [6.45, 7) is 1.60. The molecule has 2 fully saturated rings. The average molecular weight is 255 g/mol. The van der Waals surface area contributed by atoms with E-state index in [9.17, 15) is 9.59 Å². The first-order valence-electron chi connectivity index (χ1n) is 6.51. The van der Waals surface area contributed by atoms with Gasteiger partial charge in [-0.05, 0) is 32.4 Å². The zero-order valence-corrected chi connectivity index (χ0v) is 10.8. The normalized spacial score (nSPS) is 27.9. The topological polar surface area (TPSA) is 75.9 Å². The number of carbonyl (C=O) groups excluding carboxylic acids is 2. The number of nitrogens with two attached hydrogens (primary N) is 1. The van der Waals surface area contributed by atoms with Gasteiger partial charge in [0, 0.05) is 6.04 Å². The number of imide groups is 1. The average Bonchev–Trinajstić information content (AvgIpc) is 2.96. The van der Waals surface area contributed by atoms with Crippen LogP contribution in [0.4, 0.5) is 4.79 Å². The summed E-state index contributed by atoms with van der Waals surface area (Å²) in [4.78, 5) is 26.5. The summed E-state index contributed by atoms with van der Waals surface area (Å²) >= 11 is 0. The molecule has 102 valence electrons. The first kappa shape index (κ1) is 13.3. The molecular weight excluding hydrogens is 234 g/mol. The van der Waals surface area contributed by atoms with Crippen molar-refractivity contribution in [3.8, 4) is 0 Å². The molecule has 1 aliphatic heterocycles. The molecule has 0 aromatic rings. The Morgan fingerprint density at radius 2 is 2.33 bits per heavy atom. The Balaban J connectivity index is 1.88. The fraction of sp³-hybridized carbons (Fsp3) is 0.833.